The van der Waals surface area contributed by atoms with E-state index in [0.717, 1.165) is 13.6 Å². The first-order valence-corrected chi connectivity index (χ1v) is 7.48. The van der Waals surface area contributed by atoms with Crippen LogP contribution in [0.15, 0.2) is 21.5 Å². The molecule has 2 rings (SSSR count). The molecular weight excluding hydrogens is 344 g/mol. The topological polar surface area (TPSA) is 66.5 Å². The summed E-state index contributed by atoms with van der Waals surface area (Å²) in [6, 6.07) is 2.94. The van der Waals surface area contributed by atoms with Crippen molar-refractivity contribution in [2.45, 2.75) is 26.3 Å². The lowest BCUT2D eigenvalue weighted by Crippen LogP contribution is -2.60. The maximum Gasteiger partial charge on any atom is 0.331 e. The highest BCUT2D eigenvalue weighted by atomic mass is 79.9. The van der Waals surface area contributed by atoms with E-state index in [4.69, 9.17) is 0 Å². The van der Waals surface area contributed by atoms with Gasteiger partial charge in [0.15, 0.2) is 0 Å². The Morgan fingerprint density at radius 2 is 1.90 bits per heavy atom. The van der Waals surface area contributed by atoms with Crippen LogP contribution in [0.2, 0.25) is 0 Å². The number of halogens is 1. The number of carbonyl (C=O) groups is 3. The molecule has 20 heavy (non-hydrogen) atoms. The van der Waals surface area contributed by atoms with Crippen LogP contribution in [-0.2, 0) is 9.59 Å². The lowest BCUT2D eigenvalue weighted by molar-refractivity contribution is -0.133. The Kier molecular flexibility index (Phi) is 3.84. The van der Waals surface area contributed by atoms with Crippen molar-refractivity contribution in [2.24, 2.45) is 0 Å². The van der Waals surface area contributed by atoms with Gasteiger partial charge in [-0.25, -0.2) is 4.79 Å². The van der Waals surface area contributed by atoms with E-state index in [1.807, 2.05) is 6.07 Å². The summed E-state index contributed by atoms with van der Waals surface area (Å²) in [5.41, 5.74) is -0.731. The first kappa shape index (κ1) is 14.9. The third kappa shape index (κ3) is 2.83. The van der Waals surface area contributed by atoms with Crippen molar-refractivity contribution in [3.63, 3.8) is 0 Å². The van der Waals surface area contributed by atoms with Gasteiger partial charge in [-0.05, 0) is 54.9 Å². The van der Waals surface area contributed by atoms with Crippen molar-refractivity contribution in [2.75, 3.05) is 0 Å². The number of carbonyl (C=O) groups excluding carboxylic acids is 3. The van der Waals surface area contributed by atoms with Crippen LogP contribution in [-0.4, -0.2) is 28.3 Å². The lowest BCUT2D eigenvalue weighted by Gasteiger charge is -2.36. The van der Waals surface area contributed by atoms with Crippen molar-refractivity contribution in [3.05, 3.63) is 26.4 Å². The van der Waals surface area contributed by atoms with E-state index in [0.29, 0.717) is 0 Å². The maximum absolute atomic E-state index is 12.4. The molecule has 5 nitrogen and oxygen atoms in total. The van der Waals surface area contributed by atoms with Crippen molar-refractivity contribution in [3.8, 4) is 0 Å². The average molecular weight is 357 g/mol. The van der Waals surface area contributed by atoms with E-state index in [1.54, 1.807) is 26.8 Å². The molecule has 1 aliphatic rings. The van der Waals surface area contributed by atoms with E-state index in [1.165, 1.54) is 17.4 Å². The molecule has 1 aromatic heterocycles. The number of rotatable bonds is 1. The zero-order chi connectivity index (χ0) is 15.1. The van der Waals surface area contributed by atoms with Gasteiger partial charge in [-0.2, -0.15) is 0 Å². The monoisotopic (exact) mass is 356 g/mol. The molecule has 0 saturated carbocycles. The second-order valence-electron chi connectivity index (χ2n) is 5.27. The lowest BCUT2D eigenvalue weighted by atomic mass is 10.0. The van der Waals surface area contributed by atoms with Crippen LogP contribution in [0.5, 0.6) is 0 Å². The molecule has 0 aliphatic carbocycles. The second-order valence-corrected chi connectivity index (χ2v) is 7.77. The fraction of sp³-hybridized carbons (Fsp3) is 0.308. The number of urea groups is 1. The normalized spacial score (nSPS) is 18.7. The third-order valence-electron chi connectivity index (χ3n) is 2.65. The molecule has 0 unspecified atom stereocenters. The van der Waals surface area contributed by atoms with Crippen molar-refractivity contribution in [1.82, 2.24) is 10.2 Å². The first-order chi connectivity index (χ1) is 9.20. The fourth-order valence-corrected chi connectivity index (χ4v) is 3.18. The zero-order valence-corrected chi connectivity index (χ0v) is 13.6. The Morgan fingerprint density at radius 3 is 2.40 bits per heavy atom. The minimum atomic E-state index is -0.697. The van der Waals surface area contributed by atoms with Crippen LogP contribution < -0.4 is 5.32 Å². The van der Waals surface area contributed by atoms with Gasteiger partial charge in [0.25, 0.3) is 11.8 Å². The molecule has 2 heterocycles. The van der Waals surface area contributed by atoms with E-state index in [9.17, 15) is 14.4 Å². The number of barbiturate groups is 1. The Bertz CT molecular complexity index is 628. The second kappa shape index (κ2) is 5.14. The van der Waals surface area contributed by atoms with E-state index in [2.05, 4.69) is 21.2 Å². The first-order valence-electron chi connectivity index (χ1n) is 5.87. The molecule has 1 aliphatic heterocycles. The molecule has 0 spiro atoms. The van der Waals surface area contributed by atoms with Gasteiger partial charge in [0, 0.05) is 10.4 Å². The van der Waals surface area contributed by atoms with E-state index < -0.39 is 23.4 Å². The highest BCUT2D eigenvalue weighted by Crippen LogP contribution is 2.26. The van der Waals surface area contributed by atoms with Crippen molar-refractivity contribution >= 4 is 51.2 Å². The van der Waals surface area contributed by atoms with Crippen LogP contribution in [0, 0.1) is 0 Å². The van der Waals surface area contributed by atoms with Gasteiger partial charge in [0.05, 0.1) is 3.79 Å². The van der Waals surface area contributed by atoms with Gasteiger partial charge < -0.3 is 0 Å². The summed E-state index contributed by atoms with van der Waals surface area (Å²) >= 11 is 4.72. The Labute approximate surface area is 128 Å². The Hall–Kier alpha value is -1.47. The summed E-state index contributed by atoms with van der Waals surface area (Å²) in [4.78, 5) is 37.8. The summed E-state index contributed by atoms with van der Waals surface area (Å²) in [5, 5.41) is 2.20. The van der Waals surface area contributed by atoms with Gasteiger partial charge in [-0.1, -0.05) is 0 Å². The molecule has 0 atom stereocenters. The largest absolute Gasteiger partial charge is 0.331 e. The van der Waals surface area contributed by atoms with Crippen LogP contribution in [0.1, 0.15) is 25.6 Å². The average Bonchev–Trinajstić information content (AvgIpc) is 2.67. The molecule has 1 aromatic rings. The molecule has 0 aromatic carbocycles. The van der Waals surface area contributed by atoms with E-state index in [-0.39, 0.29) is 5.57 Å². The van der Waals surface area contributed by atoms with Crippen LogP contribution in [0.4, 0.5) is 4.79 Å². The number of nitrogens with zero attached hydrogens (tertiary/aromatic N) is 1. The molecule has 1 N–H and O–H groups in total. The number of amides is 4. The minimum absolute atomic E-state index is 0.0334. The highest BCUT2D eigenvalue weighted by Gasteiger charge is 2.41. The molecule has 0 radical (unpaired) electrons. The van der Waals surface area contributed by atoms with Gasteiger partial charge in [-0.3, -0.25) is 19.8 Å². The SMILES string of the molecule is CC(C)(C)N1C(=O)NC(=O)/C(=C/c2ccc(Br)s2)C1=O. The molecular formula is C13H13BrN2O3S. The molecule has 7 heteroatoms. The maximum atomic E-state index is 12.4. The van der Waals surface area contributed by atoms with Gasteiger partial charge >= 0.3 is 6.03 Å². The summed E-state index contributed by atoms with van der Waals surface area (Å²) in [7, 11) is 0. The van der Waals surface area contributed by atoms with Crippen LogP contribution >= 0.6 is 27.3 Å². The van der Waals surface area contributed by atoms with Gasteiger partial charge in [0.2, 0.25) is 0 Å². The van der Waals surface area contributed by atoms with Crippen LogP contribution in [0.3, 0.4) is 0 Å². The summed E-state index contributed by atoms with van der Waals surface area (Å²) < 4.78 is 0.900. The van der Waals surface area contributed by atoms with Crippen molar-refractivity contribution < 1.29 is 14.4 Å². The molecule has 4 amide bonds. The summed E-state index contributed by atoms with van der Waals surface area (Å²) in [6.07, 6.45) is 1.50. The molecule has 106 valence electrons. The Balaban J connectivity index is 2.42. The predicted octanol–water partition coefficient (Wildman–Crippen LogP) is 2.77. The number of imide groups is 2. The summed E-state index contributed by atoms with van der Waals surface area (Å²) in [6.45, 7) is 5.21. The van der Waals surface area contributed by atoms with E-state index >= 15 is 0 Å². The predicted molar refractivity (Wildman–Crippen MR) is 80.1 cm³/mol. The molecule has 0 bridgehead atoms. The quantitative estimate of drug-likeness (QED) is 0.621. The van der Waals surface area contributed by atoms with Crippen molar-refractivity contribution in [1.29, 1.82) is 0 Å². The molecule has 1 saturated heterocycles. The summed E-state index contributed by atoms with van der Waals surface area (Å²) in [5.74, 6) is -1.24. The molecule has 1 fully saturated rings. The smallest absolute Gasteiger partial charge is 0.273 e. The highest BCUT2D eigenvalue weighted by molar-refractivity contribution is 9.11. The zero-order valence-electron chi connectivity index (χ0n) is 11.2. The van der Waals surface area contributed by atoms with Crippen LogP contribution in [0.25, 0.3) is 6.08 Å². The third-order valence-corrected chi connectivity index (χ3v) is 4.22. The number of nitrogens with one attached hydrogen (secondary N) is 1. The minimum Gasteiger partial charge on any atom is -0.273 e. The van der Waals surface area contributed by atoms with Gasteiger partial charge in [0.1, 0.15) is 5.57 Å². The van der Waals surface area contributed by atoms with Gasteiger partial charge in [-0.15, -0.1) is 11.3 Å². The standard InChI is InChI=1S/C13H13BrN2O3S/c1-13(2,3)16-11(18)8(10(17)15-12(16)19)6-7-4-5-9(14)20-7/h4-6H,1-3H3,(H,15,17,19)/b8-6-. The number of hydrogen-bond donors (Lipinski definition) is 1. The number of thiophene rings is 1. The fourth-order valence-electron chi connectivity index (χ4n) is 1.81. The number of hydrogen-bond acceptors (Lipinski definition) is 4. The Morgan fingerprint density at radius 1 is 1.25 bits per heavy atom.